The number of likely N-dealkylation sites (N-methyl/N-ethyl adjacent to an activating group) is 1. The summed E-state index contributed by atoms with van der Waals surface area (Å²) >= 11 is 1.76. The predicted molar refractivity (Wildman–Crippen MR) is 81.2 cm³/mol. The quantitative estimate of drug-likeness (QED) is 0.826. The minimum absolute atomic E-state index is 0.0941. The highest BCUT2D eigenvalue weighted by Gasteiger charge is 2.25. The molecule has 1 fully saturated rings. The fourth-order valence-electron chi connectivity index (χ4n) is 3.07. The SMILES string of the molecule is C[C@@H]1CCc2c(C(=O)NN3CC[NH+](C)CC3)csc2C1. The maximum Gasteiger partial charge on any atom is 0.266 e. The lowest BCUT2D eigenvalue weighted by Gasteiger charge is -2.30. The molecule has 2 aliphatic rings. The van der Waals surface area contributed by atoms with Crippen molar-refractivity contribution in [1.29, 1.82) is 0 Å². The van der Waals surface area contributed by atoms with Gasteiger partial charge in [-0.2, -0.15) is 0 Å². The fourth-order valence-corrected chi connectivity index (χ4v) is 4.32. The Morgan fingerprint density at radius 1 is 1.45 bits per heavy atom. The van der Waals surface area contributed by atoms with Crippen LogP contribution in [0.2, 0.25) is 0 Å². The highest BCUT2D eigenvalue weighted by Crippen LogP contribution is 2.32. The number of nitrogens with zero attached hydrogens (tertiary/aromatic N) is 1. The third-order valence-electron chi connectivity index (χ3n) is 4.52. The molecule has 2 N–H and O–H groups in total. The number of hydrogen-bond donors (Lipinski definition) is 2. The lowest BCUT2D eigenvalue weighted by Crippen LogP contribution is -3.12. The summed E-state index contributed by atoms with van der Waals surface area (Å²) in [6, 6.07) is 0. The van der Waals surface area contributed by atoms with Crippen LogP contribution in [0.25, 0.3) is 0 Å². The number of nitrogens with one attached hydrogen (secondary N) is 2. The first-order chi connectivity index (χ1) is 9.63. The Kier molecular flexibility index (Phi) is 4.10. The van der Waals surface area contributed by atoms with Gasteiger partial charge in [-0.1, -0.05) is 6.92 Å². The monoisotopic (exact) mass is 294 g/mol. The fraction of sp³-hybridized carbons (Fsp3) is 0.667. The number of thiophene rings is 1. The minimum atomic E-state index is 0.0941. The molecule has 1 aliphatic carbocycles. The van der Waals surface area contributed by atoms with Gasteiger partial charge in [-0.15, -0.1) is 11.3 Å². The molecule has 20 heavy (non-hydrogen) atoms. The zero-order chi connectivity index (χ0) is 14.1. The molecule has 0 spiro atoms. The molecule has 110 valence electrons. The first-order valence-electron chi connectivity index (χ1n) is 7.60. The van der Waals surface area contributed by atoms with Gasteiger partial charge in [-0.3, -0.25) is 10.2 Å². The van der Waals surface area contributed by atoms with Gasteiger partial charge in [-0.05, 0) is 30.7 Å². The molecule has 0 radical (unpaired) electrons. The number of hydrogen-bond acceptors (Lipinski definition) is 3. The van der Waals surface area contributed by atoms with Crippen molar-refractivity contribution >= 4 is 17.2 Å². The molecule has 5 heteroatoms. The summed E-state index contributed by atoms with van der Waals surface area (Å²) in [7, 11) is 2.20. The lowest BCUT2D eigenvalue weighted by molar-refractivity contribution is -0.884. The number of piperazine rings is 1. The summed E-state index contributed by atoms with van der Waals surface area (Å²) in [5.41, 5.74) is 5.32. The van der Waals surface area contributed by atoms with E-state index in [2.05, 4.69) is 29.8 Å². The van der Waals surface area contributed by atoms with Crippen LogP contribution in [0.5, 0.6) is 0 Å². The Bertz CT molecular complexity index is 491. The van der Waals surface area contributed by atoms with Crippen molar-refractivity contribution in [3.63, 3.8) is 0 Å². The van der Waals surface area contributed by atoms with E-state index in [0.29, 0.717) is 0 Å². The minimum Gasteiger partial charge on any atom is -0.335 e. The highest BCUT2D eigenvalue weighted by atomic mass is 32.1. The van der Waals surface area contributed by atoms with Gasteiger partial charge in [0.15, 0.2) is 0 Å². The van der Waals surface area contributed by atoms with Gasteiger partial charge in [0.05, 0.1) is 38.8 Å². The zero-order valence-electron chi connectivity index (χ0n) is 12.4. The van der Waals surface area contributed by atoms with Crippen LogP contribution in [-0.2, 0) is 12.8 Å². The molecular formula is C15H24N3OS+. The van der Waals surface area contributed by atoms with E-state index in [-0.39, 0.29) is 5.91 Å². The van der Waals surface area contributed by atoms with E-state index in [1.54, 1.807) is 11.3 Å². The van der Waals surface area contributed by atoms with Crippen LogP contribution >= 0.6 is 11.3 Å². The van der Waals surface area contributed by atoms with Crippen LogP contribution in [0.3, 0.4) is 0 Å². The van der Waals surface area contributed by atoms with E-state index in [9.17, 15) is 4.79 Å². The smallest absolute Gasteiger partial charge is 0.266 e. The Labute approximate surface area is 124 Å². The number of hydrazine groups is 1. The molecule has 2 heterocycles. The number of amides is 1. The van der Waals surface area contributed by atoms with E-state index in [1.807, 2.05) is 0 Å². The second-order valence-corrected chi connectivity index (χ2v) is 7.25. The van der Waals surface area contributed by atoms with Gasteiger partial charge < -0.3 is 4.90 Å². The molecule has 1 amide bonds. The normalized spacial score (nSPS) is 24.4. The van der Waals surface area contributed by atoms with Gasteiger partial charge >= 0.3 is 0 Å². The van der Waals surface area contributed by atoms with Crippen molar-refractivity contribution in [2.45, 2.75) is 26.2 Å². The van der Waals surface area contributed by atoms with Crippen molar-refractivity contribution in [1.82, 2.24) is 10.4 Å². The summed E-state index contributed by atoms with van der Waals surface area (Å²) in [4.78, 5) is 15.4. The van der Waals surface area contributed by atoms with Crippen molar-refractivity contribution in [3.8, 4) is 0 Å². The molecule has 1 aromatic heterocycles. The summed E-state index contributed by atoms with van der Waals surface area (Å²) in [6.07, 6.45) is 3.42. The summed E-state index contributed by atoms with van der Waals surface area (Å²) < 4.78 is 0. The van der Waals surface area contributed by atoms with Crippen molar-refractivity contribution < 1.29 is 9.69 Å². The lowest BCUT2D eigenvalue weighted by atomic mass is 9.88. The van der Waals surface area contributed by atoms with Crippen LogP contribution in [0.1, 0.15) is 34.1 Å². The second-order valence-electron chi connectivity index (χ2n) is 6.28. The van der Waals surface area contributed by atoms with E-state index in [0.717, 1.165) is 50.5 Å². The topological polar surface area (TPSA) is 36.8 Å². The van der Waals surface area contributed by atoms with Gasteiger partial charge in [-0.25, -0.2) is 5.01 Å². The third-order valence-corrected chi connectivity index (χ3v) is 5.57. The number of carbonyl (C=O) groups is 1. The second kappa shape index (κ2) is 5.84. The van der Waals surface area contributed by atoms with Gasteiger partial charge in [0.25, 0.3) is 5.91 Å². The molecule has 1 aliphatic heterocycles. The Morgan fingerprint density at radius 2 is 2.20 bits per heavy atom. The van der Waals surface area contributed by atoms with Crippen LogP contribution < -0.4 is 10.3 Å². The number of fused-ring (bicyclic) bond motifs is 1. The van der Waals surface area contributed by atoms with E-state index >= 15 is 0 Å². The Morgan fingerprint density at radius 3 is 2.95 bits per heavy atom. The molecule has 0 unspecified atom stereocenters. The van der Waals surface area contributed by atoms with Gasteiger partial charge in [0.1, 0.15) is 0 Å². The van der Waals surface area contributed by atoms with E-state index in [4.69, 9.17) is 0 Å². The molecule has 0 saturated carbocycles. The van der Waals surface area contributed by atoms with Gasteiger partial charge in [0.2, 0.25) is 0 Å². The van der Waals surface area contributed by atoms with Crippen LogP contribution in [0.4, 0.5) is 0 Å². The van der Waals surface area contributed by atoms with Crippen LogP contribution in [0, 0.1) is 5.92 Å². The van der Waals surface area contributed by atoms with E-state index < -0.39 is 0 Å². The summed E-state index contributed by atoms with van der Waals surface area (Å²) in [5.74, 6) is 0.856. The molecule has 1 aromatic rings. The number of rotatable bonds is 2. The van der Waals surface area contributed by atoms with Crippen molar-refractivity contribution in [3.05, 3.63) is 21.4 Å². The van der Waals surface area contributed by atoms with Crippen molar-refractivity contribution in [2.24, 2.45) is 5.92 Å². The highest BCUT2D eigenvalue weighted by molar-refractivity contribution is 7.10. The molecule has 4 nitrogen and oxygen atoms in total. The Hall–Kier alpha value is -0.910. The largest absolute Gasteiger partial charge is 0.335 e. The van der Waals surface area contributed by atoms with Crippen molar-refractivity contribution in [2.75, 3.05) is 33.2 Å². The van der Waals surface area contributed by atoms with Crippen LogP contribution in [0.15, 0.2) is 5.38 Å². The molecular weight excluding hydrogens is 270 g/mol. The van der Waals surface area contributed by atoms with Crippen LogP contribution in [-0.4, -0.2) is 44.1 Å². The number of carbonyl (C=O) groups excluding carboxylic acids is 1. The molecule has 1 saturated heterocycles. The maximum absolute atomic E-state index is 12.5. The zero-order valence-corrected chi connectivity index (χ0v) is 13.2. The predicted octanol–water partition coefficient (Wildman–Crippen LogP) is 0.348. The maximum atomic E-state index is 12.5. The van der Waals surface area contributed by atoms with E-state index in [1.165, 1.54) is 21.8 Å². The third kappa shape index (κ3) is 2.90. The Balaban J connectivity index is 1.66. The summed E-state index contributed by atoms with van der Waals surface area (Å²) in [6.45, 7) is 6.38. The average Bonchev–Trinajstić information content (AvgIpc) is 2.84. The average molecular weight is 294 g/mol. The summed E-state index contributed by atoms with van der Waals surface area (Å²) in [5, 5.41) is 4.13. The van der Waals surface area contributed by atoms with Gasteiger partial charge in [0, 0.05) is 10.3 Å². The first kappa shape index (κ1) is 14.0. The standard InChI is InChI=1S/C15H23N3OS/c1-11-3-4-12-13(10-20-14(12)9-11)15(19)16-18-7-5-17(2)6-8-18/h10-11H,3-9H2,1-2H3,(H,16,19)/p+1/t11-/m1/s1. The first-order valence-corrected chi connectivity index (χ1v) is 8.48. The molecule has 1 atom stereocenters. The molecule has 0 aromatic carbocycles. The number of quaternary nitrogens is 1. The molecule has 0 bridgehead atoms. The molecule has 3 rings (SSSR count).